The maximum Gasteiger partial charge on any atom is 0.440 e. The van der Waals surface area contributed by atoms with Gasteiger partial charge in [-0.25, -0.2) is 19.0 Å². The number of aliphatic carboxylic acids is 1. The van der Waals surface area contributed by atoms with Crippen LogP contribution < -0.4 is 15.1 Å². The number of aromatic nitrogens is 1. The van der Waals surface area contributed by atoms with Crippen molar-refractivity contribution in [3.63, 3.8) is 0 Å². The lowest BCUT2D eigenvalue weighted by Crippen LogP contribution is -2.42. The van der Waals surface area contributed by atoms with E-state index < -0.39 is 35.1 Å². The lowest BCUT2D eigenvalue weighted by molar-refractivity contribution is -0.138. The summed E-state index contributed by atoms with van der Waals surface area (Å²) in [6.07, 6.45) is 0.550. The van der Waals surface area contributed by atoms with Gasteiger partial charge in [0.25, 0.3) is 0 Å². The number of rotatable bonds is 7. The first-order chi connectivity index (χ1) is 17.2. The van der Waals surface area contributed by atoms with Gasteiger partial charge in [0.2, 0.25) is 0 Å². The van der Waals surface area contributed by atoms with Crippen molar-refractivity contribution in [3.8, 4) is 5.75 Å². The highest BCUT2D eigenvalue weighted by Crippen LogP contribution is 2.34. The van der Waals surface area contributed by atoms with Crippen LogP contribution in [0.3, 0.4) is 0 Å². The summed E-state index contributed by atoms with van der Waals surface area (Å²) in [6.45, 7) is 10.3. The van der Waals surface area contributed by atoms with Gasteiger partial charge in [-0.3, -0.25) is 4.84 Å². The predicted molar refractivity (Wildman–Crippen MR) is 138 cm³/mol. The molecule has 0 fully saturated rings. The molecular weight excluding hydrogens is 481 g/mol. The molecule has 9 nitrogen and oxygen atoms in total. The van der Waals surface area contributed by atoms with Gasteiger partial charge in [0, 0.05) is 11.9 Å². The average Bonchev–Trinajstić information content (AvgIpc) is 2.78. The van der Waals surface area contributed by atoms with E-state index in [1.807, 2.05) is 0 Å². The maximum absolute atomic E-state index is 15.6. The van der Waals surface area contributed by atoms with Crippen molar-refractivity contribution in [1.82, 2.24) is 4.98 Å². The summed E-state index contributed by atoms with van der Waals surface area (Å²) in [5.41, 5.74) is -1.01. The highest BCUT2D eigenvalue weighted by Gasteiger charge is 2.31. The molecule has 10 heteroatoms. The fraction of sp³-hybridized carbons (Fsp3) is 0.370. The third-order valence-electron chi connectivity index (χ3n) is 4.90. The zero-order chi connectivity index (χ0) is 27.5. The Bertz CT molecular complexity index is 1300. The molecule has 1 amide bonds. The third-order valence-corrected chi connectivity index (χ3v) is 4.90. The summed E-state index contributed by atoms with van der Waals surface area (Å²) in [6, 6.07) is 9.70. The van der Waals surface area contributed by atoms with Crippen molar-refractivity contribution in [2.45, 2.75) is 58.8 Å². The molecule has 0 aliphatic carbocycles. The molecule has 0 aliphatic heterocycles. The van der Waals surface area contributed by atoms with Crippen LogP contribution in [0.1, 0.15) is 53.1 Å². The highest BCUT2D eigenvalue weighted by atomic mass is 19.1. The summed E-state index contributed by atoms with van der Waals surface area (Å²) in [7, 11) is 1.48. The van der Waals surface area contributed by atoms with E-state index >= 15 is 4.39 Å². The molecule has 3 rings (SSSR count). The standard InChI is InChI=1S/C27H32FN3O6/c1-26(2,3)36-25(34)31(37-27(4,5)6)23-21-16(11-12-29-23)13-18(15-20(21)28)30-22(24(32)33)17-9-8-10-19(14-17)35-7/h8-15,22,30H,1-7H3,(H,32,33). The Labute approximate surface area is 215 Å². The number of carboxylic acid groups (broad SMARTS) is 1. The van der Waals surface area contributed by atoms with Gasteiger partial charge >= 0.3 is 12.1 Å². The van der Waals surface area contributed by atoms with Crippen LogP contribution in [0.2, 0.25) is 0 Å². The van der Waals surface area contributed by atoms with Gasteiger partial charge < -0.3 is 19.9 Å². The molecule has 1 heterocycles. The fourth-order valence-electron chi connectivity index (χ4n) is 3.50. The van der Waals surface area contributed by atoms with Crippen LogP contribution in [0.4, 0.5) is 20.7 Å². The molecule has 2 aromatic carbocycles. The van der Waals surface area contributed by atoms with Crippen LogP contribution in [0.15, 0.2) is 48.7 Å². The van der Waals surface area contributed by atoms with Crippen LogP contribution in [-0.2, 0) is 14.4 Å². The molecule has 2 N–H and O–H groups in total. The van der Waals surface area contributed by atoms with Crippen LogP contribution in [0.5, 0.6) is 5.75 Å². The molecule has 3 aromatic rings. The molecule has 1 unspecified atom stereocenters. The van der Waals surface area contributed by atoms with Crippen LogP contribution in [0, 0.1) is 5.82 Å². The van der Waals surface area contributed by atoms with E-state index in [0.717, 1.165) is 11.1 Å². The van der Waals surface area contributed by atoms with E-state index in [4.69, 9.17) is 14.3 Å². The van der Waals surface area contributed by atoms with E-state index in [9.17, 15) is 14.7 Å². The number of pyridine rings is 1. The molecular formula is C27H32FN3O6. The topological polar surface area (TPSA) is 110 Å². The van der Waals surface area contributed by atoms with Gasteiger partial charge in [-0.1, -0.05) is 12.1 Å². The number of hydroxylamine groups is 1. The smallest absolute Gasteiger partial charge is 0.440 e. The Hall–Kier alpha value is -3.92. The number of methoxy groups -OCH3 is 1. The summed E-state index contributed by atoms with van der Waals surface area (Å²) in [5, 5.41) is 13.9. The van der Waals surface area contributed by atoms with Gasteiger partial charge in [0.1, 0.15) is 17.2 Å². The molecule has 1 aromatic heterocycles. The molecule has 0 saturated carbocycles. The second-order valence-corrected chi connectivity index (χ2v) is 10.4. The van der Waals surface area contributed by atoms with E-state index in [0.29, 0.717) is 16.7 Å². The number of carbonyl (C=O) groups excluding carboxylic acids is 1. The number of carboxylic acids is 1. The molecule has 0 bridgehead atoms. The number of hydrogen-bond donors (Lipinski definition) is 2. The number of amides is 1. The lowest BCUT2D eigenvalue weighted by Gasteiger charge is -2.31. The first kappa shape index (κ1) is 27.7. The fourth-order valence-corrected chi connectivity index (χ4v) is 3.50. The first-order valence-electron chi connectivity index (χ1n) is 11.6. The van der Waals surface area contributed by atoms with Gasteiger partial charge in [-0.2, -0.15) is 0 Å². The van der Waals surface area contributed by atoms with Crippen LogP contribution in [0.25, 0.3) is 10.8 Å². The normalized spacial score (nSPS) is 12.6. The SMILES string of the molecule is COc1cccc(C(Nc2cc(F)c3c(N(OC(C)(C)C)C(=O)OC(C)(C)C)nccc3c2)C(=O)O)c1. The third kappa shape index (κ3) is 7.07. The van der Waals surface area contributed by atoms with Crippen molar-refractivity contribution in [3.05, 3.63) is 60.0 Å². The largest absolute Gasteiger partial charge is 0.497 e. The summed E-state index contributed by atoms with van der Waals surface area (Å²) in [5.74, 6) is -1.48. The average molecular weight is 514 g/mol. The van der Waals surface area contributed by atoms with Crippen molar-refractivity contribution >= 4 is 34.3 Å². The van der Waals surface area contributed by atoms with Gasteiger partial charge in [0.15, 0.2) is 11.9 Å². The molecule has 0 saturated heterocycles. The number of fused-ring (bicyclic) bond motifs is 1. The number of carbonyl (C=O) groups is 2. The summed E-state index contributed by atoms with van der Waals surface area (Å²) in [4.78, 5) is 35.1. The van der Waals surface area contributed by atoms with Gasteiger partial charge in [0.05, 0.1) is 18.1 Å². The number of hydrogen-bond acceptors (Lipinski definition) is 7. The molecule has 0 aliphatic rings. The molecule has 37 heavy (non-hydrogen) atoms. The molecule has 0 spiro atoms. The quantitative estimate of drug-likeness (QED) is 0.365. The second kappa shape index (κ2) is 10.6. The molecule has 1 atom stereocenters. The highest BCUT2D eigenvalue weighted by molar-refractivity contribution is 6.00. The van der Waals surface area contributed by atoms with Crippen molar-refractivity contribution in [2.24, 2.45) is 0 Å². The zero-order valence-electron chi connectivity index (χ0n) is 22.0. The summed E-state index contributed by atoms with van der Waals surface area (Å²) < 4.78 is 26.3. The van der Waals surface area contributed by atoms with E-state index in [-0.39, 0.29) is 16.9 Å². The maximum atomic E-state index is 15.6. The monoisotopic (exact) mass is 513 g/mol. The number of nitrogens with one attached hydrogen (secondary N) is 1. The number of ether oxygens (including phenoxy) is 2. The van der Waals surface area contributed by atoms with Crippen molar-refractivity contribution < 1.29 is 33.4 Å². The van der Waals surface area contributed by atoms with E-state index in [2.05, 4.69) is 10.3 Å². The molecule has 198 valence electrons. The Morgan fingerprint density at radius 2 is 1.76 bits per heavy atom. The molecule has 0 radical (unpaired) electrons. The van der Waals surface area contributed by atoms with Gasteiger partial charge in [-0.05, 0) is 82.8 Å². The van der Waals surface area contributed by atoms with E-state index in [1.54, 1.807) is 77.9 Å². The second-order valence-electron chi connectivity index (χ2n) is 10.4. The summed E-state index contributed by atoms with van der Waals surface area (Å²) >= 11 is 0. The lowest BCUT2D eigenvalue weighted by atomic mass is 10.1. The Morgan fingerprint density at radius 3 is 2.35 bits per heavy atom. The number of benzene rings is 2. The number of halogens is 1. The van der Waals surface area contributed by atoms with Crippen LogP contribution >= 0.6 is 0 Å². The minimum Gasteiger partial charge on any atom is -0.497 e. The Kier molecular flexibility index (Phi) is 7.92. The Balaban J connectivity index is 2.06. The Morgan fingerprint density at radius 1 is 1.05 bits per heavy atom. The van der Waals surface area contributed by atoms with E-state index in [1.165, 1.54) is 13.3 Å². The number of nitrogens with zero attached hydrogens (tertiary/aromatic N) is 2. The first-order valence-corrected chi connectivity index (χ1v) is 11.6. The zero-order valence-corrected chi connectivity index (χ0v) is 22.0. The number of anilines is 2. The van der Waals surface area contributed by atoms with Gasteiger partial charge in [-0.15, -0.1) is 5.06 Å². The predicted octanol–water partition coefficient (Wildman–Crippen LogP) is 6.09. The minimum atomic E-state index is -1.17. The minimum absolute atomic E-state index is 0.0106. The van der Waals surface area contributed by atoms with Crippen molar-refractivity contribution in [2.75, 3.05) is 17.5 Å². The van der Waals surface area contributed by atoms with Crippen LogP contribution in [-0.4, -0.2) is 40.5 Å². The van der Waals surface area contributed by atoms with Crippen molar-refractivity contribution in [1.29, 1.82) is 0 Å².